The first-order valence-electron chi connectivity index (χ1n) is 8.98. The first-order valence-corrected chi connectivity index (χ1v) is 9.45. The molecule has 1 aliphatic carbocycles. The third kappa shape index (κ3) is 4.87. The summed E-state index contributed by atoms with van der Waals surface area (Å²) in [7, 11) is 0. The van der Waals surface area contributed by atoms with Crippen LogP contribution in [0.5, 0.6) is 5.75 Å². The molecule has 2 rings (SSSR count). The summed E-state index contributed by atoms with van der Waals surface area (Å²) in [6.45, 7) is 10.6. The van der Waals surface area contributed by atoms with Gasteiger partial charge in [0.1, 0.15) is 5.75 Å². The molecule has 0 radical (unpaired) electrons. The third-order valence-electron chi connectivity index (χ3n) is 5.22. The average Bonchev–Trinajstić information content (AvgIpc) is 2.47. The second-order valence-corrected chi connectivity index (χ2v) is 8.79. The van der Waals surface area contributed by atoms with E-state index in [4.69, 9.17) is 17.0 Å². The maximum Gasteiger partial charge on any atom is 0.404 e. The van der Waals surface area contributed by atoms with Gasteiger partial charge in [0.15, 0.2) is 6.23 Å². The molecule has 3 unspecified atom stereocenters. The van der Waals surface area contributed by atoms with Gasteiger partial charge in [0.25, 0.3) is 0 Å². The number of carboxylic acid groups (broad SMARTS) is 1. The van der Waals surface area contributed by atoms with Crippen LogP contribution in [-0.2, 0) is 0 Å². The number of thiocarbonyl (C=S) groups is 1. The number of hydrogen-bond donors (Lipinski definition) is 3. The van der Waals surface area contributed by atoms with Gasteiger partial charge in [-0.05, 0) is 49.7 Å². The molecule has 1 fully saturated rings. The Hall–Kier alpha value is -1.82. The van der Waals surface area contributed by atoms with Gasteiger partial charge in [0.2, 0.25) is 0 Å². The SMILES string of the molecule is Cc1cccc(C)c1OC(NC=S)C1(C)CC(NC(=O)O)CC(C)(C)C1. The fourth-order valence-electron chi connectivity index (χ4n) is 4.56. The van der Waals surface area contributed by atoms with Crippen LogP contribution in [-0.4, -0.2) is 29.0 Å². The predicted octanol–water partition coefficient (Wildman–Crippen LogP) is 4.41. The molecule has 0 aromatic heterocycles. The van der Waals surface area contributed by atoms with Gasteiger partial charge in [-0.25, -0.2) is 4.79 Å². The molecule has 0 saturated heterocycles. The summed E-state index contributed by atoms with van der Waals surface area (Å²) in [6.07, 6.45) is 1.09. The number of para-hydroxylation sites is 1. The fraction of sp³-hybridized carbons (Fsp3) is 0.600. The van der Waals surface area contributed by atoms with Crippen molar-refractivity contribution in [3.63, 3.8) is 0 Å². The summed E-state index contributed by atoms with van der Waals surface area (Å²) >= 11 is 5.06. The van der Waals surface area contributed by atoms with E-state index in [2.05, 4.69) is 31.4 Å². The van der Waals surface area contributed by atoms with Crippen LogP contribution >= 0.6 is 12.2 Å². The van der Waals surface area contributed by atoms with E-state index in [0.717, 1.165) is 29.7 Å². The third-order valence-corrected chi connectivity index (χ3v) is 5.35. The van der Waals surface area contributed by atoms with Crippen molar-refractivity contribution in [3.05, 3.63) is 29.3 Å². The van der Waals surface area contributed by atoms with Crippen LogP contribution in [0.25, 0.3) is 0 Å². The highest BCUT2D eigenvalue weighted by Crippen LogP contribution is 2.48. The molecule has 5 nitrogen and oxygen atoms in total. The van der Waals surface area contributed by atoms with Gasteiger partial charge >= 0.3 is 6.09 Å². The monoisotopic (exact) mass is 378 g/mol. The number of amides is 1. The minimum absolute atomic E-state index is 0.00829. The maximum absolute atomic E-state index is 11.2. The number of aryl methyl sites for hydroxylation is 2. The zero-order chi connectivity index (χ0) is 19.5. The highest BCUT2D eigenvalue weighted by molar-refractivity contribution is 7.78. The van der Waals surface area contributed by atoms with E-state index in [1.54, 1.807) is 0 Å². The van der Waals surface area contributed by atoms with Crippen LogP contribution in [0, 0.1) is 24.7 Å². The molecule has 3 atom stereocenters. The summed E-state index contributed by atoms with van der Waals surface area (Å²) in [5.41, 5.74) is 3.34. The topological polar surface area (TPSA) is 70.6 Å². The Morgan fingerprint density at radius 2 is 1.92 bits per heavy atom. The Labute approximate surface area is 161 Å². The van der Waals surface area contributed by atoms with E-state index in [0.29, 0.717) is 6.42 Å². The van der Waals surface area contributed by atoms with Crippen molar-refractivity contribution in [1.29, 1.82) is 0 Å². The van der Waals surface area contributed by atoms with E-state index in [1.807, 2.05) is 32.0 Å². The van der Waals surface area contributed by atoms with Crippen molar-refractivity contribution in [1.82, 2.24) is 10.6 Å². The molecular weight excluding hydrogens is 348 g/mol. The van der Waals surface area contributed by atoms with E-state index in [-0.39, 0.29) is 23.1 Å². The second kappa shape index (κ2) is 7.82. The minimum Gasteiger partial charge on any atom is -0.470 e. The Kier molecular flexibility index (Phi) is 6.17. The highest BCUT2D eigenvalue weighted by atomic mass is 32.1. The molecule has 26 heavy (non-hydrogen) atoms. The molecule has 0 bridgehead atoms. The summed E-state index contributed by atoms with van der Waals surface area (Å²) in [4.78, 5) is 11.2. The summed E-state index contributed by atoms with van der Waals surface area (Å²) in [5, 5.41) is 15.0. The Balaban J connectivity index is 2.33. The number of hydrogen-bond acceptors (Lipinski definition) is 3. The Morgan fingerprint density at radius 1 is 1.31 bits per heavy atom. The molecule has 0 spiro atoms. The number of nitrogens with one attached hydrogen (secondary N) is 2. The quantitative estimate of drug-likeness (QED) is 0.505. The van der Waals surface area contributed by atoms with Gasteiger partial charge in [0.05, 0.1) is 5.49 Å². The largest absolute Gasteiger partial charge is 0.470 e. The first kappa shape index (κ1) is 20.5. The lowest BCUT2D eigenvalue weighted by Gasteiger charge is -2.49. The van der Waals surface area contributed by atoms with E-state index >= 15 is 0 Å². The molecule has 1 aliphatic rings. The van der Waals surface area contributed by atoms with Gasteiger partial charge < -0.3 is 20.5 Å². The normalized spacial score (nSPS) is 25.8. The van der Waals surface area contributed by atoms with E-state index in [9.17, 15) is 9.90 Å². The molecule has 1 amide bonds. The highest BCUT2D eigenvalue weighted by Gasteiger charge is 2.47. The molecule has 0 aliphatic heterocycles. The van der Waals surface area contributed by atoms with E-state index in [1.165, 1.54) is 5.49 Å². The molecule has 6 heteroatoms. The lowest BCUT2D eigenvalue weighted by molar-refractivity contribution is -0.0307. The maximum atomic E-state index is 11.2. The Morgan fingerprint density at radius 3 is 2.46 bits per heavy atom. The van der Waals surface area contributed by atoms with Crippen LogP contribution in [0.15, 0.2) is 18.2 Å². The van der Waals surface area contributed by atoms with Crippen LogP contribution in [0.4, 0.5) is 4.79 Å². The van der Waals surface area contributed by atoms with E-state index < -0.39 is 6.09 Å². The predicted molar refractivity (Wildman–Crippen MR) is 108 cm³/mol. The lowest BCUT2D eigenvalue weighted by atomic mass is 9.61. The lowest BCUT2D eigenvalue weighted by Crippen LogP contribution is -2.56. The van der Waals surface area contributed by atoms with Crippen molar-refractivity contribution >= 4 is 23.8 Å². The van der Waals surface area contributed by atoms with Crippen LogP contribution in [0.3, 0.4) is 0 Å². The van der Waals surface area contributed by atoms with Crippen molar-refractivity contribution in [3.8, 4) is 5.75 Å². The molecule has 144 valence electrons. The fourth-order valence-corrected chi connectivity index (χ4v) is 4.68. The number of carbonyl (C=O) groups is 1. The number of benzene rings is 1. The second-order valence-electron chi connectivity index (χ2n) is 8.55. The molecule has 1 saturated carbocycles. The minimum atomic E-state index is -0.981. The van der Waals surface area contributed by atoms with Crippen LogP contribution in [0.1, 0.15) is 51.2 Å². The van der Waals surface area contributed by atoms with Gasteiger partial charge in [0, 0.05) is 11.5 Å². The van der Waals surface area contributed by atoms with Gasteiger partial charge in [-0.1, -0.05) is 51.2 Å². The van der Waals surface area contributed by atoms with Crippen molar-refractivity contribution in [2.75, 3.05) is 0 Å². The van der Waals surface area contributed by atoms with Crippen molar-refractivity contribution in [2.45, 2.75) is 66.2 Å². The summed E-state index contributed by atoms with van der Waals surface area (Å²) in [5.74, 6) is 0.856. The molecular formula is C20H30N2O3S. The number of ether oxygens (including phenoxy) is 1. The zero-order valence-electron chi connectivity index (χ0n) is 16.3. The van der Waals surface area contributed by atoms with Gasteiger partial charge in [-0.3, -0.25) is 0 Å². The average molecular weight is 379 g/mol. The van der Waals surface area contributed by atoms with Gasteiger partial charge in [-0.2, -0.15) is 0 Å². The molecule has 1 aromatic carbocycles. The molecule has 3 N–H and O–H groups in total. The summed E-state index contributed by atoms with van der Waals surface area (Å²) < 4.78 is 6.42. The number of rotatable bonds is 6. The van der Waals surface area contributed by atoms with Crippen LogP contribution < -0.4 is 15.4 Å². The van der Waals surface area contributed by atoms with Crippen LogP contribution in [0.2, 0.25) is 0 Å². The zero-order valence-corrected chi connectivity index (χ0v) is 17.1. The standard InChI is InChI=1S/C20H30N2O3S/c1-13-7-6-8-14(2)16(13)25-17(21-12-26)20(5)10-15(22-18(23)24)9-19(3,4)11-20/h6-8,12,15,17,22H,9-11H2,1-5H3,(H,21,26)(H,23,24). The van der Waals surface area contributed by atoms with Gasteiger partial charge in [-0.15, -0.1) is 0 Å². The van der Waals surface area contributed by atoms with Crippen molar-refractivity contribution in [2.24, 2.45) is 10.8 Å². The van der Waals surface area contributed by atoms with Crippen molar-refractivity contribution < 1.29 is 14.6 Å². The molecule has 0 heterocycles. The molecule has 1 aromatic rings. The first-order chi connectivity index (χ1) is 12.1. The Bertz CT molecular complexity index is 657. The summed E-state index contributed by atoms with van der Waals surface area (Å²) in [6, 6.07) is 5.95. The smallest absolute Gasteiger partial charge is 0.404 e.